The molecule has 16 heavy (non-hydrogen) atoms. The van der Waals surface area contributed by atoms with Crippen LogP contribution in [0.3, 0.4) is 0 Å². The lowest BCUT2D eigenvalue weighted by atomic mass is 10.1. The smallest absolute Gasteiger partial charge is 0.138 e. The van der Waals surface area contributed by atoms with Crippen molar-refractivity contribution in [3.05, 3.63) is 30.0 Å². The van der Waals surface area contributed by atoms with Crippen LogP contribution in [0.15, 0.2) is 24.4 Å². The summed E-state index contributed by atoms with van der Waals surface area (Å²) >= 11 is 0. The molecular weight excluding hydrogens is 206 g/mol. The zero-order valence-electron chi connectivity index (χ0n) is 8.62. The summed E-state index contributed by atoms with van der Waals surface area (Å²) in [6, 6.07) is 5.27. The van der Waals surface area contributed by atoms with Crippen molar-refractivity contribution >= 4 is 22.7 Å². The average molecular weight is 218 g/mol. The van der Waals surface area contributed by atoms with Gasteiger partial charge in [0.2, 0.25) is 0 Å². The number of carbonyl (C=O) groups excluding carboxylic acids is 1. The molecule has 4 N–H and O–H groups in total. The minimum absolute atomic E-state index is 0.505. The fourth-order valence-electron chi connectivity index (χ4n) is 1.74. The topological polar surface area (TPSA) is 94.0 Å². The Morgan fingerprint density at radius 2 is 2.31 bits per heavy atom. The van der Waals surface area contributed by atoms with E-state index in [4.69, 9.17) is 5.73 Å². The van der Waals surface area contributed by atoms with Crippen LogP contribution in [0.4, 0.5) is 10.5 Å². The Labute approximate surface area is 92.3 Å². The highest BCUT2D eigenvalue weighted by Gasteiger charge is 2.03. The fraction of sp³-hybridized carbons (Fsp3) is 0.182. The molecule has 0 bridgehead atoms. The first-order valence-electron chi connectivity index (χ1n) is 4.99. The van der Waals surface area contributed by atoms with Crippen LogP contribution in [-0.4, -0.2) is 17.6 Å². The number of amides is 1. The van der Waals surface area contributed by atoms with Crippen LogP contribution in [-0.2, 0) is 6.42 Å². The van der Waals surface area contributed by atoms with Crippen LogP contribution < -0.4 is 16.2 Å². The van der Waals surface area contributed by atoms with Gasteiger partial charge in [-0.2, -0.15) is 0 Å². The molecule has 0 saturated heterocycles. The summed E-state index contributed by atoms with van der Waals surface area (Å²) in [7, 11) is 0. The van der Waals surface area contributed by atoms with E-state index in [1.54, 1.807) is 12.1 Å². The molecular formula is C11H12N3O2-. The first-order chi connectivity index (χ1) is 7.70. The van der Waals surface area contributed by atoms with Crippen molar-refractivity contribution in [3.63, 3.8) is 0 Å². The van der Waals surface area contributed by atoms with Crippen molar-refractivity contribution in [2.45, 2.75) is 6.42 Å². The van der Waals surface area contributed by atoms with E-state index < -0.39 is 6.09 Å². The monoisotopic (exact) mass is 218 g/mol. The number of nitrogens with two attached hydrogens (primary N) is 1. The van der Waals surface area contributed by atoms with Crippen molar-refractivity contribution in [3.8, 4) is 0 Å². The molecule has 1 amide bonds. The van der Waals surface area contributed by atoms with E-state index in [2.05, 4.69) is 10.3 Å². The Bertz CT molecular complexity index is 519. The Balaban J connectivity index is 2.41. The number of carbonyl (C=O) groups is 1. The molecule has 5 nitrogen and oxygen atoms in total. The van der Waals surface area contributed by atoms with Gasteiger partial charge >= 0.3 is 0 Å². The molecule has 84 valence electrons. The van der Waals surface area contributed by atoms with E-state index >= 15 is 0 Å². The van der Waals surface area contributed by atoms with Crippen LogP contribution >= 0.6 is 0 Å². The zero-order valence-corrected chi connectivity index (χ0v) is 8.62. The van der Waals surface area contributed by atoms with Gasteiger partial charge in [-0.05, 0) is 36.7 Å². The molecule has 0 unspecified atom stereocenters. The third-order valence-electron chi connectivity index (χ3n) is 2.43. The quantitative estimate of drug-likeness (QED) is 0.697. The summed E-state index contributed by atoms with van der Waals surface area (Å²) < 4.78 is 0. The number of nitrogens with one attached hydrogen (secondary N) is 2. The SMILES string of the molecule is NCCc1c[nH]c2ccc(NC(=O)[O-])cc12. The van der Waals surface area contributed by atoms with Crippen molar-refractivity contribution in [1.29, 1.82) is 0 Å². The van der Waals surface area contributed by atoms with Gasteiger partial charge in [-0.1, -0.05) is 0 Å². The minimum atomic E-state index is -1.31. The Hall–Kier alpha value is -2.01. The van der Waals surface area contributed by atoms with Gasteiger partial charge in [-0.3, -0.25) is 0 Å². The number of benzene rings is 1. The van der Waals surface area contributed by atoms with E-state index in [0.29, 0.717) is 12.2 Å². The Kier molecular flexibility index (Phi) is 2.78. The second-order valence-electron chi connectivity index (χ2n) is 3.53. The second-order valence-corrected chi connectivity index (χ2v) is 3.53. The van der Waals surface area contributed by atoms with Crippen LogP contribution in [0.2, 0.25) is 0 Å². The van der Waals surface area contributed by atoms with Crippen molar-refractivity contribution < 1.29 is 9.90 Å². The first kappa shape index (κ1) is 10.5. The number of fused-ring (bicyclic) bond motifs is 1. The number of aromatic nitrogens is 1. The Morgan fingerprint density at radius 3 is 3.00 bits per heavy atom. The highest BCUT2D eigenvalue weighted by Crippen LogP contribution is 2.22. The molecule has 1 aromatic carbocycles. The molecule has 0 saturated carbocycles. The van der Waals surface area contributed by atoms with Crippen molar-refractivity contribution in [1.82, 2.24) is 4.98 Å². The highest BCUT2D eigenvalue weighted by atomic mass is 16.4. The van der Waals surface area contributed by atoms with Gasteiger partial charge in [0.15, 0.2) is 0 Å². The number of rotatable bonds is 3. The lowest BCUT2D eigenvalue weighted by Crippen LogP contribution is -2.28. The summed E-state index contributed by atoms with van der Waals surface area (Å²) in [5, 5.41) is 13.6. The molecule has 0 aliphatic heterocycles. The number of hydrogen-bond acceptors (Lipinski definition) is 3. The lowest BCUT2D eigenvalue weighted by molar-refractivity contribution is -0.242. The van der Waals surface area contributed by atoms with Gasteiger partial charge < -0.3 is 25.9 Å². The summed E-state index contributed by atoms with van der Waals surface area (Å²) in [6.07, 6.45) is 1.34. The number of anilines is 1. The molecule has 2 aromatic rings. The second kappa shape index (κ2) is 4.24. The molecule has 0 fully saturated rings. The summed E-state index contributed by atoms with van der Waals surface area (Å²) in [4.78, 5) is 13.5. The molecule has 0 radical (unpaired) electrons. The summed E-state index contributed by atoms with van der Waals surface area (Å²) in [5.41, 5.74) is 8.05. The predicted octanol–water partition coefficient (Wildman–Crippen LogP) is 0.424. The normalized spacial score (nSPS) is 10.6. The van der Waals surface area contributed by atoms with Crippen LogP contribution in [0.25, 0.3) is 10.9 Å². The van der Waals surface area contributed by atoms with Gasteiger partial charge in [-0.15, -0.1) is 0 Å². The number of hydrogen-bond donors (Lipinski definition) is 3. The lowest BCUT2D eigenvalue weighted by Gasteiger charge is -2.06. The van der Waals surface area contributed by atoms with Gasteiger partial charge in [0.05, 0.1) is 0 Å². The van der Waals surface area contributed by atoms with Crippen LogP contribution in [0, 0.1) is 0 Å². The third-order valence-corrected chi connectivity index (χ3v) is 2.43. The van der Waals surface area contributed by atoms with Gasteiger partial charge in [-0.25, -0.2) is 0 Å². The van der Waals surface area contributed by atoms with Gasteiger partial charge in [0, 0.05) is 22.8 Å². The molecule has 0 spiro atoms. The maximum atomic E-state index is 10.4. The molecule has 5 heteroatoms. The average Bonchev–Trinajstić information content (AvgIpc) is 2.61. The predicted molar refractivity (Wildman–Crippen MR) is 60.1 cm³/mol. The van der Waals surface area contributed by atoms with E-state index in [-0.39, 0.29) is 0 Å². The molecule has 2 rings (SSSR count). The van der Waals surface area contributed by atoms with E-state index in [1.165, 1.54) is 0 Å². The van der Waals surface area contributed by atoms with Gasteiger partial charge in [0.1, 0.15) is 6.09 Å². The maximum absolute atomic E-state index is 10.4. The largest absolute Gasteiger partial charge is 0.530 e. The number of aromatic amines is 1. The summed E-state index contributed by atoms with van der Waals surface area (Å²) in [5.74, 6) is 0. The molecule has 0 atom stereocenters. The maximum Gasteiger partial charge on any atom is 0.138 e. The van der Waals surface area contributed by atoms with Crippen LogP contribution in [0.1, 0.15) is 5.56 Å². The summed E-state index contributed by atoms with van der Waals surface area (Å²) in [6.45, 7) is 0.561. The van der Waals surface area contributed by atoms with E-state index in [1.807, 2.05) is 12.3 Å². The number of carboxylic acid groups (broad SMARTS) is 1. The molecule has 1 heterocycles. The molecule has 1 aromatic heterocycles. The van der Waals surface area contributed by atoms with E-state index in [9.17, 15) is 9.90 Å². The standard InChI is InChI=1S/C11H13N3O2/c12-4-3-7-6-13-10-2-1-8(5-9(7)10)14-11(15)16/h1-2,5-6,13-14H,3-4,12H2,(H,15,16)/p-1. The minimum Gasteiger partial charge on any atom is -0.530 e. The van der Waals surface area contributed by atoms with Crippen LogP contribution in [0.5, 0.6) is 0 Å². The molecule has 0 aliphatic carbocycles. The highest BCUT2D eigenvalue weighted by molar-refractivity contribution is 5.90. The Morgan fingerprint density at radius 1 is 1.50 bits per heavy atom. The van der Waals surface area contributed by atoms with Crippen molar-refractivity contribution in [2.24, 2.45) is 5.73 Å². The number of H-pyrrole nitrogens is 1. The fourth-order valence-corrected chi connectivity index (χ4v) is 1.74. The van der Waals surface area contributed by atoms with E-state index in [0.717, 1.165) is 22.9 Å². The third kappa shape index (κ3) is 1.99. The molecule has 0 aliphatic rings. The van der Waals surface area contributed by atoms with Gasteiger partial charge in [0.25, 0.3) is 0 Å². The van der Waals surface area contributed by atoms with Crippen molar-refractivity contribution in [2.75, 3.05) is 11.9 Å². The first-order valence-corrected chi connectivity index (χ1v) is 4.99. The zero-order chi connectivity index (χ0) is 11.5.